The SMILES string of the molecule is O=C(CCC1CCCC1)N1CCN(C(=O)C2Cc3ccccc3O2)CC1. The number of ether oxygens (including phenoxy) is 1. The van der Waals surface area contributed by atoms with Crippen LogP contribution < -0.4 is 4.74 Å². The average molecular weight is 356 g/mol. The van der Waals surface area contributed by atoms with Crippen LogP contribution in [0.5, 0.6) is 5.75 Å². The van der Waals surface area contributed by atoms with Gasteiger partial charge in [-0.2, -0.15) is 0 Å². The molecule has 26 heavy (non-hydrogen) atoms. The molecule has 3 aliphatic rings. The highest BCUT2D eigenvalue weighted by molar-refractivity contribution is 5.83. The van der Waals surface area contributed by atoms with Gasteiger partial charge in [0.1, 0.15) is 5.75 Å². The summed E-state index contributed by atoms with van der Waals surface area (Å²) in [5.41, 5.74) is 1.10. The molecular formula is C21H28N2O3. The summed E-state index contributed by atoms with van der Waals surface area (Å²) in [6.07, 6.45) is 7.18. The van der Waals surface area contributed by atoms with E-state index in [1.165, 1.54) is 25.7 Å². The summed E-state index contributed by atoms with van der Waals surface area (Å²) >= 11 is 0. The Morgan fingerprint density at radius 3 is 2.42 bits per heavy atom. The van der Waals surface area contributed by atoms with Gasteiger partial charge in [-0.25, -0.2) is 0 Å². The van der Waals surface area contributed by atoms with Gasteiger partial charge in [-0.05, 0) is 24.0 Å². The first-order valence-electron chi connectivity index (χ1n) is 10.0. The van der Waals surface area contributed by atoms with Gasteiger partial charge >= 0.3 is 0 Å². The second kappa shape index (κ2) is 7.68. The van der Waals surface area contributed by atoms with Gasteiger partial charge in [0, 0.05) is 39.0 Å². The highest BCUT2D eigenvalue weighted by Gasteiger charge is 2.34. The van der Waals surface area contributed by atoms with Gasteiger partial charge in [0.15, 0.2) is 6.10 Å². The van der Waals surface area contributed by atoms with Crippen molar-refractivity contribution in [2.45, 2.75) is 51.0 Å². The van der Waals surface area contributed by atoms with Gasteiger partial charge in [-0.15, -0.1) is 0 Å². The lowest BCUT2D eigenvalue weighted by atomic mass is 10.0. The van der Waals surface area contributed by atoms with Crippen LogP contribution in [0.1, 0.15) is 44.1 Å². The van der Waals surface area contributed by atoms with Crippen LogP contribution in [0.15, 0.2) is 24.3 Å². The van der Waals surface area contributed by atoms with Crippen molar-refractivity contribution in [2.24, 2.45) is 5.92 Å². The second-order valence-corrected chi connectivity index (χ2v) is 7.81. The topological polar surface area (TPSA) is 49.9 Å². The predicted octanol–water partition coefficient (Wildman–Crippen LogP) is 2.63. The van der Waals surface area contributed by atoms with Crippen molar-refractivity contribution in [2.75, 3.05) is 26.2 Å². The third-order valence-electron chi connectivity index (χ3n) is 6.11. The summed E-state index contributed by atoms with van der Waals surface area (Å²) < 4.78 is 5.82. The minimum Gasteiger partial charge on any atom is -0.480 e. The van der Waals surface area contributed by atoms with Gasteiger partial charge in [0.05, 0.1) is 0 Å². The number of para-hydroxylation sites is 1. The van der Waals surface area contributed by atoms with Crippen LogP contribution in [0, 0.1) is 5.92 Å². The maximum Gasteiger partial charge on any atom is 0.264 e. The standard InChI is InChI=1S/C21H28N2O3/c24-20(10-9-16-5-1-2-6-16)22-11-13-23(14-12-22)21(25)19-15-17-7-3-4-8-18(17)26-19/h3-4,7-8,16,19H,1-2,5-6,9-15H2. The van der Waals surface area contributed by atoms with Crippen molar-refractivity contribution in [3.05, 3.63) is 29.8 Å². The molecular weight excluding hydrogens is 328 g/mol. The van der Waals surface area contributed by atoms with Gasteiger partial charge in [-0.1, -0.05) is 43.9 Å². The zero-order valence-corrected chi connectivity index (χ0v) is 15.4. The van der Waals surface area contributed by atoms with Crippen LogP contribution in [0.4, 0.5) is 0 Å². The lowest BCUT2D eigenvalue weighted by Gasteiger charge is -2.36. The molecule has 4 rings (SSSR count). The third kappa shape index (κ3) is 3.71. The Bertz CT molecular complexity index is 636. The smallest absolute Gasteiger partial charge is 0.264 e. The van der Waals surface area contributed by atoms with E-state index in [4.69, 9.17) is 4.74 Å². The molecule has 1 aromatic rings. The molecule has 1 aliphatic carbocycles. The molecule has 2 amide bonds. The van der Waals surface area contributed by atoms with E-state index in [1.54, 1.807) is 0 Å². The van der Waals surface area contributed by atoms with E-state index in [0.717, 1.165) is 23.7 Å². The number of hydrogen-bond acceptors (Lipinski definition) is 3. The van der Waals surface area contributed by atoms with E-state index < -0.39 is 6.10 Å². The van der Waals surface area contributed by atoms with Gasteiger partial charge in [-0.3, -0.25) is 9.59 Å². The van der Waals surface area contributed by atoms with E-state index in [2.05, 4.69) is 0 Å². The quantitative estimate of drug-likeness (QED) is 0.833. The maximum absolute atomic E-state index is 12.7. The minimum absolute atomic E-state index is 0.0549. The van der Waals surface area contributed by atoms with Crippen molar-refractivity contribution in [1.29, 1.82) is 0 Å². The van der Waals surface area contributed by atoms with E-state index in [-0.39, 0.29) is 11.8 Å². The van der Waals surface area contributed by atoms with Gasteiger partial charge < -0.3 is 14.5 Å². The molecule has 5 heteroatoms. The molecule has 140 valence electrons. The fourth-order valence-electron chi connectivity index (χ4n) is 4.48. The number of carbonyl (C=O) groups is 2. The predicted molar refractivity (Wildman–Crippen MR) is 98.9 cm³/mol. The summed E-state index contributed by atoms with van der Waals surface area (Å²) in [6, 6.07) is 7.85. The van der Waals surface area contributed by atoms with Crippen molar-refractivity contribution < 1.29 is 14.3 Å². The first-order valence-corrected chi connectivity index (χ1v) is 10.0. The molecule has 1 atom stereocenters. The molecule has 1 aromatic carbocycles. The number of amides is 2. The first kappa shape index (κ1) is 17.4. The number of piperazine rings is 1. The maximum atomic E-state index is 12.7. The van der Waals surface area contributed by atoms with Crippen LogP contribution in [0.3, 0.4) is 0 Å². The molecule has 2 aliphatic heterocycles. The Kier molecular flexibility index (Phi) is 5.14. The van der Waals surface area contributed by atoms with Gasteiger partial charge in [0.2, 0.25) is 5.91 Å². The van der Waals surface area contributed by atoms with E-state index in [0.29, 0.717) is 39.0 Å². The minimum atomic E-state index is -0.406. The fraction of sp³-hybridized carbons (Fsp3) is 0.619. The molecule has 0 aromatic heterocycles. The molecule has 2 fully saturated rings. The average Bonchev–Trinajstić information content (AvgIpc) is 3.35. The molecule has 2 heterocycles. The Morgan fingerprint density at radius 2 is 1.69 bits per heavy atom. The number of benzene rings is 1. The Labute approximate surface area is 155 Å². The van der Waals surface area contributed by atoms with Gasteiger partial charge in [0.25, 0.3) is 5.91 Å². The Balaban J connectivity index is 1.23. The molecule has 1 saturated carbocycles. The second-order valence-electron chi connectivity index (χ2n) is 7.81. The van der Waals surface area contributed by atoms with E-state index >= 15 is 0 Å². The van der Waals surface area contributed by atoms with Crippen molar-refractivity contribution >= 4 is 11.8 Å². The van der Waals surface area contributed by atoms with Crippen molar-refractivity contribution in [3.63, 3.8) is 0 Å². The lowest BCUT2D eigenvalue weighted by Crippen LogP contribution is -2.53. The monoisotopic (exact) mass is 356 g/mol. The van der Waals surface area contributed by atoms with E-state index in [1.807, 2.05) is 34.1 Å². The summed E-state index contributed by atoms with van der Waals surface area (Å²) in [6.45, 7) is 2.53. The third-order valence-corrected chi connectivity index (χ3v) is 6.11. The van der Waals surface area contributed by atoms with Crippen LogP contribution in [0.25, 0.3) is 0 Å². The number of nitrogens with zero attached hydrogens (tertiary/aromatic N) is 2. The van der Waals surface area contributed by atoms with Crippen LogP contribution in [-0.4, -0.2) is 53.9 Å². The number of fused-ring (bicyclic) bond motifs is 1. The summed E-state index contributed by atoms with van der Waals surface area (Å²) in [7, 11) is 0. The number of carbonyl (C=O) groups excluding carboxylic acids is 2. The lowest BCUT2D eigenvalue weighted by molar-refractivity contribution is -0.143. The molecule has 5 nitrogen and oxygen atoms in total. The molecule has 0 radical (unpaired) electrons. The Morgan fingerprint density at radius 1 is 1.00 bits per heavy atom. The molecule has 0 bridgehead atoms. The molecule has 0 N–H and O–H groups in total. The molecule has 0 spiro atoms. The fourth-order valence-corrected chi connectivity index (χ4v) is 4.48. The summed E-state index contributed by atoms with van der Waals surface area (Å²) in [5.74, 6) is 1.89. The van der Waals surface area contributed by atoms with Crippen molar-refractivity contribution in [3.8, 4) is 5.75 Å². The zero-order chi connectivity index (χ0) is 17.9. The van der Waals surface area contributed by atoms with Crippen LogP contribution in [0.2, 0.25) is 0 Å². The normalized spacial score (nSPS) is 23.0. The number of hydrogen-bond donors (Lipinski definition) is 0. The van der Waals surface area contributed by atoms with Crippen LogP contribution >= 0.6 is 0 Å². The summed E-state index contributed by atoms with van der Waals surface area (Å²) in [5, 5.41) is 0. The highest BCUT2D eigenvalue weighted by Crippen LogP contribution is 2.30. The summed E-state index contributed by atoms with van der Waals surface area (Å²) in [4.78, 5) is 29.0. The molecule has 1 saturated heterocycles. The largest absolute Gasteiger partial charge is 0.480 e. The highest BCUT2D eigenvalue weighted by atomic mass is 16.5. The van der Waals surface area contributed by atoms with Crippen molar-refractivity contribution in [1.82, 2.24) is 9.80 Å². The van der Waals surface area contributed by atoms with Crippen LogP contribution in [-0.2, 0) is 16.0 Å². The van der Waals surface area contributed by atoms with E-state index in [9.17, 15) is 9.59 Å². The number of rotatable bonds is 4. The first-order chi connectivity index (χ1) is 12.7. The Hall–Kier alpha value is -2.04. The zero-order valence-electron chi connectivity index (χ0n) is 15.4. The molecule has 1 unspecified atom stereocenters.